The van der Waals surface area contributed by atoms with Gasteiger partial charge >= 0.3 is 0 Å². The van der Waals surface area contributed by atoms with Crippen LogP contribution >= 0.6 is 0 Å². The zero-order valence-corrected chi connectivity index (χ0v) is 26.1. The first-order valence-corrected chi connectivity index (χ1v) is 16.5. The van der Waals surface area contributed by atoms with Gasteiger partial charge in [0.05, 0.1) is 13.2 Å². The van der Waals surface area contributed by atoms with Crippen molar-refractivity contribution >= 4 is 5.57 Å². The van der Waals surface area contributed by atoms with E-state index in [2.05, 4.69) is 129 Å². The van der Waals surface area contributed by atoms with E-state index in [1.165, 1.54) is 66.4 Å². The van der Waals surface area contributed by atoms with Crippen LogP contribution in [-0.2, 0) is 5.41 Å². The number of unbranched alkanes of at least 4 members (excludes halogenated alkanes) is 6. The Balaban J connectivity index is 1.47. The van der Waals surface area contributed by atoms with E-state index < -0.39 is 0 Å². The van der Waals surface area contributed by atoms with E-state index in [1.807, 2.05) is 0 Å². The SMILES string of the molecule is CCCCCCOc1ccc(C2=CCC(c3ccccc3)(c3ccccc3)C2c2ccc(OCCCCCC)cc2)cc1. The zero-order chi connectivity index (χ0) is 29.7. The van der Waals surface area contributed by atoms with Gasteiger partial charge in [-0.25, -0.2) is 0 Å². The van der Waals surface area contributed by atoms with E-state index in [4.69, 9.17) is 9.47 Å². The number of ether oxygens (including phenoxy) is 2. The van der Waals surface area contributed by atoms with E-state index >= 15 is 0 Å². The van der Waals surface area contributed by atoms with Gasteiger partial charge in [0.1, 0.15) is 11.5 Å². The average Bonchev–Trinajstić information content (AvgIpc) is 3.47. The minimum atomic E-state index is -0.213. The van der Waals surface area contributed by atoms with Crippen molar-refractivity contribution in [1.29, 1.82) is 0 Å². The van der Waals surface area contributed by atoms with Crippen LogP contribution in [0.25, 0.3) is 5.57 Å². The third-order valence-electron chi connectivity index (χ3n) is 8.96. The predicted octanol–water partition coefficient (Wildman–Crippen LogP) is 11.2. The van der Waals surface area contributed by atoms with Gasteiger partial charge in [0.25, 0.3) is 0 Å². The fraction of sp³-hybridized carbons (Fsp3) is 0.366. The highest BCUT2D eigenvalue weighted by atomic mass is 16.5. The van der Waals surface area contributed by atoms with Crippen LogP contribution < -0.4 is 9.47 Å². The average molecular weight is 573 g/mol. The Labute approximate surface area is 259 Å². The van der Waals surface area contributed by atoms with Crippen LogP contribution in [0.5, 0.6) is 11.5 Å². The molecule has 1 atom stereocenters. The van der Waals surface area contributed by atoms with Gasteiger partial charge in [0.2, 0.25) is 0 Å². The largest absolute Gasteiger partial charge is 0.494 e. The molecule has 1 aliphatic carbocycles. The second-order valence-corrected chi connectivity index (χ2v) is 11.9. The number of benzene rings is 4. The van der Waals surface area contributed by atoms with Gasteiger partial charge in [-0.2, -0.15) is 0 Å². The topological polar surface area (TPSA) is 18.5 Å². The van der Waals surface area contributed by atoms with Crippen molar-refractivity contribution in [2.24, 2.45) is 0 Å². The van der Waals surface area contributed by atoms with E-state index in [9.17, 15) is 0 Å². The van der Waals surface area contributed by atoms with E-state index in [0.29, 0.717) is 0 Å². The normalized spacial score (nSPS) is 15.7. The predicted molar refractivity (Wildman–Crippen MR) is 181 cm³/mol. The first-order valence-electron chi connectivity index (χ1n) is 16.5. The Morgan fingerprint density at radius 3 is 1.53 bits per heavy atom. The molecule has 4 aromatic carbocycles. The van der Waals surface area contributed by atoms with Crippen LogP contribution in [0, 0.1) is 0 Å². The first kappa shape index (κ1) is 30.7. The summed E-state index contributed by atoms with van der Waals surface area (Å²) in [5.74, 6) is 2.05. The van der Waals surface area contributed by atoms with Gasteiger partial charge in [0.15, 0.2) is 0 Å². The highest BCUT2D eigenvalue weighted by Gasteiger charge is 2.47. The van der Waals surface area contributed by atoms with Crippen molar-refractivity contribution in [3.63, 3.8) is 0 Å². The second-order valence-electron chi connectivity index (χ2n) is 11.9. The molecule has 5 rings (SSSR count). The monoisotopic (exact) mass is 572 g/mol. The van der Waals surface area contributed by atoms with Crippen molar-refractivity contribution in [2.45, 2.75) is 83.0 Å². The Bertz CT molecular complexity index is 1350. The molecule has 0 N–H and O–H groups in total. The minimum Gasteiger partial charge on any atom is -0.494 e. The number of hydrogen-bond acceptors (Lipinski definition) is 2. The van der Waals surface area contributed by atoms with Gasteiger partial charge in [-0.1, -0.05) is 143 Å². The third-order valence-corrected chi connectivity index (χ3v) is 8.96. The van der Waals surface area contributed by atoms with Crippen molar-refractivity contribution in [2.75, 3.05) is 13.2 Å². The number of rotatable bonds is 16. The molecule has 0 amide bonds. The fourth-order valence-corrected chi connectivity index (χ4v) is 6.67. The minimum absolute atomic E-state index is 0.150. The molecule has 224 valence electrons. The molecule has 2 nitrogen and oxygen atoms in total. The lowest BCUT2D eigenvalue weighted by molar-refractivity contribution is 0.305. The summed E-state index contributed by atoms with van der Waals surface area (Å²) in [5.41, 5.74) is 6.42. The summed E-state index contributed by atoms with van der Waals surface area (Å²) in [6.45, 7) is 6.04. The first-order chi connectivity index (χ1) is 21.3. The molecule has 0 spiro atoms. The quantitative estimate of drug-likeness (QED) is 0.124. The molecule has 1 unspecified atom stereocenters. The maximum Gasteiger partial charge on any atom is 0.119 e. The molecule has 1 aliphatic rings. The summed E-state index contributed by atoms with van der Waals surface area (Å²) >= 11 is 0. The smallest absolute Gasteiger partial charge is 0.119 e. The summed E-state index contributed by atoms with van der Waals surface area (Å²) in [6, 6.07) is 39.9. The van der Waals surface area contributed by atoms with Crippen LogP contribution in [0.15, 0.2) is 115 Å². The van der Waals surface area contributed by atoms with Gasteiger partial charge in [-0.05, 0) is 71.4 Å². The summed E-state index contributed by atoms with van der Waals surface area (Å²) in [4.78, 5) is 0. The molecular weight excluding hydrogens is 524 g/mol. The maximum absolute atomic E-state index is 6.14. The van der Waals surface area contributed by atoms with E-state index in [-0.39, 0.29) is 11.3 Å². The molecule has 0 aliphatic heterocycles. The lowest BCUT2D eigenvalue weighted by Crippen LogP contribution is -2.32. The molecule has 0 saturated heterocycles. The van der Waals surface area contributed by atoms with E-state index in [0.717, 1.165) is 44.0 Å². The Hall–Kier alpha value is -3.78. The Morgan fingerprint density at radius 2 is 1.05 bits per heavy atom. The van der Waals surface area contributed by atoms with Crippen LogP contribution in [0.3, 0.4) is 0 Å². The van der Waals surface area contributed by atoms with Crippen molar-refractivity contribution in [3.8, 4) is 11.5 Å². The molecule has 2 heteroatoms. The standard InChI is InChI=1S/C41H48O2/c1-3-5-7-15-31-42-37-25-21-33(22-26-37)39-29-30-41(35-17-11-9-12-18-35,36-19-13-10-14-20-36)40(39)34-23-27-38(28-24-34)43-32-16-8-6-4-2/h9-14,17-29,40H,3-8,15-16,30-32H2,1-2H3. The van der Waals surface area contributed by atoms with E-state index in [1.54, 1.807) is 0 Å². The summed E-state index contributed by atoms with van der Waals surface area (Å²) in [6.07, 6.45) is 13.1. The van der Waals surface area contributed by atoms with Gasteiger partial charge in [0, 0.05) is 11.3 Å². The Morgan fingerprint density at radius 1 is 0.558 bits per heavy atom. The molecule has 0 radical (unpaired) electrons. The molecule has 0 heterocycles. The molecule has 0 aromatic heterocycles. The molecule has 0 fully saturated rings. The molecule has 0 saturated carbocycles. The lowest BCUT2D eigenvalue weighted by atomic mass is 9.63. The lowest BCUT2D eigenvalue weighted by Gasteiger charge is -2.39. The summed E-state index contributed by atoms with van der Waals surface area (Å²) < 4.78 is 12.2. The zero-order valence-electron chi connectivity index (χ0n) is 26.1. The van der Waals surface area contributed by atoms with Gasteiger partial charge in [-0.15, -0.1) is 0 Å². The summed E-state index contributed by atoms with van der Waals surface area (Å²) in [7, 11) is 0. The molecule has 4 aromatic rings. The summed E-state index contributed by atoms with van der Waals surface area (Å²) in [5, 5.41) is 0. The van der Waals surface area contributed by atoms with Crippen LogP contribution in [0.2, 0.25) is 0 Å². The second kappa shape index (κ2) is 15.6. The molecular formula is C41H48O2. The van der Waals surface area contributed by atoms with Gasteiger partial charge in [-0.3, -0.25) is 0 Å². The molecule has 0 bridgehead atoms. The maximum atomic E-state index is 6.14. The Kier molecular flexibility index (Phi) is 11.1. The molecule has 43 heavy (non-hydrogen) atoms. The van der Waals surface area contributed by atoms with Crippen LogP contribution in [0.1, 0.15) is 99.8 Å². The highest BCUT2D eigenvalue weighted by Crippen LogP contribution is 2.57. The number of hydrogen-bond donors (Lipinski definition) is 0. The van der Waals surface area contributed by atoms with Crippen molar-refractivity contribution < 1.29 is 9.47 Å². The van der Waals surface area contributed by atoms with Crippen LogP contribution in [-0.4, -0.2) is 13.2 Å². The van der Waals surface area contributed by atoms with Crippen molar-refractivity contribution in [3.05, 3.63) is 138 Å². The fourth-order valence-electron chi connectivity index (χ4n) is 6.67. The third kappa shape index (κ3) is 7.42. The highest BCUT2D eigenvalue weighted by molar-refractivity contribution is 5.79. The number of allylic oxidation sites excluding steroid dienone is 2. The van der Waals surface area contributed by atoms with Crippen molar-refractivity contribution in [1.82, 2.24) is 0 Å². The van der Waals surface area contributed by atoms with Gasteiger partial charge < -0.3 is 9.47 Å². The van der Waals surface area contributed by atoms with Crippen LogP contribution in [0.4, 0.5) is 0 Å².